The minimum absolute atomic E-state index is 0.103. The fourth-order valence-electron chi connectivity index (χ4n) is 3.84. The Morgan fingerprint density at radius 1 is 0.944 bits per heavy atom. The normalized spacial score (nSPS) is 11.0. The lowest BCUT2D eigenvalue weighted by Gasteiger charge is -2.10. The average molecular weight is 501 g/mol. The van der Waals surface area contributed by atoms with Crippen LogP contribution >= 0.6 is 11.3 Å². The van der Waals surface area contributed by atoms with E-state index >= 15 is 0 Å². The van der Waals surface area contributed by atoms with Crippen LogP contribution in [0.2, 0.25) is 0 Å². The summed E-state index contributed by atoms with van der Waals surface area (Å²) in [5.74, 6) is 0.561. The average Bonchev–Trinajstić information content (AvgIpc) is 3.25. The number of aryl methyl sites for hydroxylation is 1. The van der Waals surface area contributed by atoms with E-state index in [-0.39, 0.29) is 18.6 Å². The Morgan fingerprint density at radius 2 is 1.67 bits per heavy atom. The van der Waals surface area contributed by atoms with E-state index in [0.29, 0.717) is 13.2 Å². The van der Waals surface area contributed by atoms with Gasteiger partial charge in [0, 0.05) is 23.4 Å². The van der Waals surface area contributed by atoms with Crippen LogP contribution in [0.4, 0.5) is 0 Å². The van der Waals surface area contributed by atoms with Gasteiger partial charge in [0.2, 0.25) is 0 Å². The van der Waals surface area contributed by atoms with Crippen LogP contribution in [0, 0.1) is 6.92 Å². The number of thiazole rings is 1. The molecule has 0 aliphatic rings. The number of nitrogens with one attached hydrogen (secondary N) is 1. The third-order valence-electron chi connectivity index (χ3n) is 5.60. The van der Waals surface area contributed by atoms with Crippen LogP contribution in [0.1, 0.15) is 30.0 Å². The van der Waals surface area contributed by atoms with Crippen molar-refractivity contribution >= 4 is 17.3 Å². The van der Waals surface area contributed by atoms with E-state index in [0.717, 1.165) is 34.0 Å². The molecule has 5 nitrogen and oxygen atoms in total. The summed E-state index contributed by atoms with van der Waals surface area (Å²) in [6.45, 7) is 7.11. The van der Waals surface area contributed by atoms with Gasteiger partial charge in [-0.15, -0.1) is 11.3 Å². The number of aromatic nitrogens is 1. The van der Waals surface area contributed by atoms with Crippen molar-refractivity contribution in [2.75, 3.05) is 13.2 Å². The first-order valence-corrected chi connectivity index (χ1v) is 13.0. The van der Waals surface area contributed by atoms with Crippen molar-refractivity contribution in [2.45, 2.75) is 39.8 Å². The third-order valence-corrected chi connectivity index (χ3v) is 6.67. The highest BCUT2D eigenvalue weighted by Gasteiger charge is 2.11. The molecule has 186 valence electrons. The maximum Gasteiger partial charge on any atom is 0.320 e. The predicted octanol–water partition coefficient (Wildman–Crippen LogP) is 6.45. The van der Waals surface area contributed by atoms with Gasteiger partial charge in [-0.1, -0.05) is 66.7 Å². The summed E-state index contributed by atoms with van der Waals surface area (Å²) < 4.78 is 11.1. The van der Waals surface area contributed by atoms with Crippen molar-refractivity contribution in [1.29, 1.82) is 0 Å². The SMILES string of the molecule is Cc1sc(-c2ccc(-c3ccccc3)cc2)nc1CCOc1cccc(CNCC(=O)OC(C)C)c1. The second-order valence-corrected chi connectivity index (χ2v) is 10.1. The highest BCUT2D eigenvalue weighted by molar-refractivity contribution is 7.15. The van der Waals surface area contributed by atoms with Crippen LogP contribution < -0.4 is 10.1 Å². The summed E-state index contributed by atoms with van der Waals surface area (Å²) in [5, 5.41) is 4.15. The molecule has 4 aromatic rings. The van der Waals surface area contributed by atoms with Gasteiger partial charge in [-0.05, 0) is 49.6 Å². The number of carbonyl (C=O) groups is 1. The number of ether oxygens (including phenoxy) is 2. The molecule has 0 radical (unpaired) electrons. The molecule has 0 saturated carbocycles. The minimum Gasteiger partial charge on any atom is -0.493 e. The number of benzene rings is 3. The van der Waals surface area contributed by atoms with Gasteiger partial charge in [0.25, 0.3) is 0 Å². The van der Waals surface area contributed by atoms with Crippen LogP contribution in [-0.4, -0.2) is 30.2 Å². The topological polar surface area (TPSA) is 60.5 Å². The Labute approximate surface area is 217 Å². The lowest BCUT2D eigenvalue weighted by molar-refractivity contribution is -0.146. The smallest absolute Gasteiger partial charge is 0.320 e. The lowest BCUT2D eigenvalue weighted by Crippen LogP contribution is -2.26. The van der Waals surface area contributed by atoms with Gasteiger partial charge in [-0.3, -0.25) is 4.79 Å². The van der Waals surface area contributed by atoms with E-state index in [1.54, 1.807) is 11.3 Å². The zero-order chi connectivity index (χ0) is 25.3. The quantitative estimate of drug-likeness (QED) is 0.240. The molecule has 6 heteroatoms. The highest BCUT2D eigenvalue weighted by Crippen LogP contribution is 2.30. The number of nitrogens with zero attached hydrogens (tertiary/aromatic N) is 1. The molecule has 0 spiro atoms. The zero-order valence-electron chi connectivity index (χ0n) is 21.0. The Balaban J connectivity index is 1.29. The third kappa shape index (κ3) is 7.26. The molecular formula is C30H32N2O3S. The van der Waals surface area contributed by atoms with Gasteiger partial charge < -0.3 is 14.8 Å². The van der Waals surface area contributed by atoms with Crippen LogP contribution in [0.15, 0.2) is 78.9 Å². The molecule has 0 aliphatic carbocycles. The molecule has 0 amide bonds. The number of esters is 1. The first-order valence-electron chi connectivity index (χ1n) is 12.2. The zero-order valence-corrected chi connectivity index (χ0v) is 21.8. The summed E-state index contributed by atoms with van der Waals surface area (Å²) in [4.78, 5) is 17.8. The molecule has 0 saturated heterocycles. The van der Waals surface area contributed by atoms with Crippen molar-refractivity contribution in [1.82, 2.24) is 10.3 Å². The largest absolute Gasteiger partial charge is 0.493 e. The van der Waals surface area contributed by atoms with E-state index in [2.05, 4.69) is 60.8 Å². The van der Waals surface area contributed by atoms with E-state index in [9.17, 15) is 4.79 Å². The van der Waals surface area contributed by atoms with Crippen LogP contribution in [-0.2, 0) is 22.5 Å². The number of rotatable bonds is 11. The van der Waals surface area contributed by atoms with E-state index in [4.69, 9.17) is 14.5 Å². The van der Waals surface area contributed by atoms with Gasteiger partial charge >= 0.3 is 5.97 Å². The fourth-order valence-corrected chi connectivity index (χ4v) is 4.81. The van der Waals surface area contributed by atoms with E-state index in [1.807, 2.05) is 44.2 Å². The number of hydrogen-bond donors (Lipinski definition) is 1. The Kier molecular flexibility index (Phi) is 8.87. The highest BCUT2D eigenvalue weighted by atomic mass is 32.1. The summed E-state index contributed by atoms with van der Waals surface area (Å²) in [5.41, 5.74) is 5.67. The second kappa shape index (κ2) is 12.5. The molecule has 36 heavy (non-hydrogen) atoms. The Morgan fingerprint density at radius 3 is 2.42 bits per heavy atom. The van der Waals surface area contributed by atoms with Crippen molar-refractivity contribution < 1.29 is 14.3 Å². The maximum atomic E-state index is 11.7. The van der Waals surface area contributed by atoms with Crippen LogP contribution in [0.3, 0.4) is 0 Å². The number of carbonyl (C=O) groups excluding carboxylic acids is 1. The van der Waals surface area contributed by atoms with Crippen molar-refractivity contribution in [3.8, 4) is 27.4 Å². The minimum atomic E-state index is -0.248. The summed E-state index contributed by atoms with van der Waals surface area (Å²) in [7, 11) is 0. The molecule has 1 N–H and O–H groups in total. The van der Waals surface area contributed by atoms with Gasteiger partial charge in [0.15, 0.2) is 0 Å². The molecule has 1 heterocycles. The second-order valence-electron chi connectivity index (χ2n) is 8.85. The maximum absolute atomic E-state index is 11.7. The summed E-state index contributed by atoms with van der Waals surface area (Å²) >= 11 is 1.72. The van der Waals surface area contributed by atoms with Crippen molar-refractivity contribution in [3.05, 3.63) is 95.0 Å². The van der Waals surface area contributed by atoms with Crippen molar-refractivity contribution in [2.24, 2.45) is 0 Å². The molecule has 0 aliphatic heterocycles. The Hall–Kier alpha value is -3.48. The molecule has 4 rings (SSSR count). The lowest BCUT2D eigenvalue weighted by atomic mass is 10.0. The van der Waals surface area contributed by atoms with Crippen LogP contribution in [0.25, 0.3) is 21.7 Å². The van der Waals surface area contributed by atoms with Gasteiger partial charge in [-0.25, -0.2) is 4.98 Å². The van der Waals surface area contributed by atoms with E-state index < -0.39 is 0 Å². The summed E-state index contributed by atoms with van der Waals surface area (Å²) in [6, 6.07) is 26.9. The number of hydrogen-bond acceptors (Lipinski definition) is 6. The first kappa shape index (κ1) is 25.6. The van der Waals surface area contributed by atoms with Crippen molar-refractivity contribution in [3.63, 3.8) is 0 Å². The van der Waals surface area contributed by atoms with Gasteiger partial charge in [0.05, 0.1) is 24.9 Å². The fraction of sp³-hybridized carbons (Fsp3) is 0.267. The van der Waals surface area contributed by atoms with Gasteiger partial charge in [0.1, 0.15) is 10.8 Å². The molecule has 1 aromatic heterocycles. The molecular weight excluding hydrogens is 468 g/mol. The van der Waals surface area contributed by atoms with Gasteiger partial charge in [-0.2, -0.15) is 0 Å². The summed E-state index contributed by atoms with van der Waals surface area (Å²) in [6.07, 6.45) is 0.641. The predicted molar refractivity (Wildman–Crippen MR) is 146 cm³/mol. The monoisotopic (exact) mass is 500 g/mol. The molecule has 0 fully saturated rings. The molecule has 0 unspecified atom stereocenters. The Bertz CT molecular complexity index is 1270. The first-order chi connectivity index (χ1) is 17.5. The molecule has 3 aromatic carbocycles. The molecule has 0 atom stereocenters. The molecule has 0 bridgehead atoms. The van der Waals surface area contributed by atoms with Crippen LogP contribution in [0.5, 0.6) is 5.75 Å². The standard InChI is InChI=1S/C30H32N2O3S/c1-21(2)35-29(33)20-31-19-23-8-7-11-27(18-23)34-17-16-28-22(3)36-30(32-28)26-14-12-25(13-15-26)24-9-5-4-6-10-24/h4-15,18,21,31H,16-17,19-20H2,1-3H3. The van der Waals surface area contributed by atoms with E-state index in [1.165, 1.54) is 16.0 Å².